The van der Waals surface area contributed by atoms with Crippen LogP contribution in [0.4, 0.5) is 9.80 Å². The van der Waals surface area contributed by atoms with Gasteiger partial charge in [0.15, 0.2) is 0 Å². The van der Waals surface area contributed by atoms with Gasteiger partial charge in [0.05, 0.1) is 17.8 Å². The van der Waals surface area contributed by atoms with Crippen LogP contribution in [-0.4, -0.2) is 33.4 Å². The summed E-state index contributed by atoms with van der Waals surface area (Å²) in [5.41, 5.74) is 3.04. The van der Waals surface area contributed by atoms with E-state index in [9.17, 15) is 14.9 Å². The normalized spacial score (nSPS) is 13.5. The fourth-order valence-electron chi connectivity index (χ4n) is 3.72. The molecule has 0 saturated carbocycles. The summed E-state index contributed by atoms with van der Waals surface area (Å²) in [5, 5.41) is 13.1. The summed E-state index contributed by atoms with van der Waals surface area (Å²) in [6.07, 6.45) is 5.50. The number of thiophene rings is 1. The van der Waals surface area contributed by atoms with Crippen molar-refractivity contribution in [2.24, 2.45) is 0 Å². The summed E-state index contributed by atoms with van der Waals surface area (Å²) in [7, 11) is 0. The van der Waals surface area contributed by atoms with Crippen LogP contribution in [0.5, 0.6) is 0 Å². The maximum Gasteiger partial charge on any atom is 0.410 e. The third-order valence-electron chi connectivity index (χ3n) is 5.49. The zero-order valence-corrected chi connectivity index (χ0v) is 19.0. The molecule has 0 aliphatic carbocycles. The number of pyridine rings is 2. The molecule has 0 spiro atoms. The Labute approximate surface area is 195 Å². The first-order valence-corrected chi connectivity index (χ1v) is 11.4. The van der Waals surface area contributed by atoms with Crippen molar-refractivity contribution in [1.29, 1.82) is 5.26 Å². The van der Waals surface area contributed by atoms with Crippen LogP contribution in [0.3, 0.4) is 0 Å². The van der Waals surface area contributed by atoms with E-state index in [-0.39, 0.29) is 24.9 Å². The quantitative estimate of drug-likeness (QED) is 0.588. The van der Waals surface area contributed by atoms with Gasteiger partial charge in [0.1, 0.15) is 17.7 Å². The van der Waals surface area contributed by atoms with E-state index >= 15 is 0 Å². The highest BCUT2D eigenvalue weighted by atomic mass is 32.1. The predicted octanol–water partition coefficient (Wildman–Crippen LogP) is 4.24. The minimum Gasteiger partial charge on any atom is -0.443 e. The van der Waals surface area contributed by atoms with Crippen molar-refractivity contribution in [3.63, 3.8) is 0 Å². The molecule has 4 heterocycles. The topological polar surface area (TPSA) is 108 Å². The molecule has 9 heteroatoms. The average molecular weight is 462 g/mol. The van der Waals surface area contributed by atoms with Crippen molar-refractivity contribution in [1.82, 2.24) is 14.9 Å². The van der Waals surface area contributed by atoms with Crippen LogP contribution in [-0.2, 0) is 29.1 Å². The first-order valence-electron chi connectivity index (χ1n) is 10.6. The molecule has 8 nitrogen and oxygen atoms in total. The number of anilines is 1. The van der Waals surface area contributed by atoms with Crippen LogP contribution in [0.1, 0.15) is 46.5 Å². The molecule has 2 amide bonds. The minimum absolute atomic E-state index is 0.00295. The Kier molecular flexibility index (Phi) is 6.95. The Morgan fingerprint density at radius 2 is 2.18 bits per heavy atom. The highest BCUT2D eigenvalue weighted by molar-refractivity contribution is 7.16. The number of nitrogens with one attached hydrogen (secondary N) is 1. The molecule has 33 heavy (non-hydrogen) atoms. The molecule has 3 aromatic heterocycles. The Balaban J connectivity index is 1.39. The molecule has 0 saturated heterocycles. The maximum atomic E-state index is 12.6. The summed E-state index contributed by atoms with van der Waals surface area (Å²) in [5.74, 6) is -0.156. The zero-order valence-electron chi connectivity index (χ0n) is 18.2. The zero-order chi connectivity index (χ0) is 23.2. The van der Waals surface area contributed by atoms with Crippen molar-refractivity contribution in [2.75, 3.05) is 11.9 Å². The molecule has 168 valence electrons. The van der Waals surface area contributed by atoms with Gasteiger partial charge in [-0.25, -0.2) is 4.79 Å². The number of nitrogens with zero attached hydrogens (tertiary/aromatic N) is 4. The smallest absolute Gasteiger partial charge is 0.410 e. The number of amides is 2. The third kappa shape index (κ3) is 5.35. The van der Waals surface area contributed by atoms with Gasteiger partial charge in [-0.05, 0) is 41.7 Å². The summed E-state index contributed by atoms with van der Waals surface area (Å²) >= 11 is 1.34. The number of fused-ring (bicyclic) bond motifs is 1. The van der Waals surface area contributed by atoms with Crippen molar-refractivity contribution < 1.29 is 14.3 Å². The van der Waals surface area contributed by atoms with Crippen LogP contribution in [0.2, 0.25) is 0 Å². The van der Waals surface area contributed by atoms with Crippen LogP contribution in [0, 0.1) is 11.3 Å². The van der Waals surface area contributed by atoms with Crippen LogP contribution < -0.4 is 5.32 Å². The fourth-order valence-corrected chi connectivity index (χ4v) is 4.95. The van der Waals surface area contributed by atoms with Crippen molar-refractivity contribution in [3.8, 4) is 6.07 Å². The maximum absolute atomic E-state index is 12.6. The van der Waals surface area contributed by atoms with Crippen LogP contribution >= 0.6 is 11.3 Å². The van der Waals surface area contributed by atoms with E-state index in [0.717, 1.165) is 16.0 Å². The van der Waals surface area contributed by atoms with Gasteiger partial charge in [-0.1, -0.05) is 19.1 Å². The largest absolute Gasteiger partial charge is 0.443 e. The van der Waals surface area contributed by atoms with Crippen LogP contribution in [0.15, 0.2) is 48.9 Å². The lowest BCUT2D eigenvalue weighted by Gasteiger charge is -2.26. The van der Waals surface area contributed by atoms with E-state index in [0.29, 0.717) is 35.8 Å². The Morgan fingerprint density at radius 3 is 2.91 bits per heavy atom. The molecule has 0 radical (unpaired) electrons. The van der Waals surface area contributed by atoms with Gasteiger partial charge >= 0.3 is 6.09 Å². The highest BCUT2D eigenvalue weighted by Gasteiger charge is 2.28. The molecular formula is C24H23N5O3S. The van der Waals surface area contributed by atoms with Gasteiger partial charge < -0.3 is 15.0 Å². The number of aromatic nitrogens is 2. The minimum atomic E-state index is -0.422. The average Bonchev–Trinajstić information content (AvgIpc) is 3.19. The molecule has 1 unspecified atom stereocenters. The number of rotatable bonds is 6. The van der Waals surface area contributed by atoms with E-state index in [2.05, 4.69) is 21.4 Å². The molecule has 1 atom stereocenters. The standard InChI is InChI=1S/C24H23N5O3S/c1-16(17-5-4-8-26-13-17)11-22(30)28-23-20(12-25)19-7-10-29(14-21(19)33-23)24(31)32-15-18-6-2-3-9-27-18/h2-6,8-9,13,16H,7,10-11,14-15H2,1H3,(H,28,30). The van der Waals surface area contributed by atoms with E-state index in [1.165, 1.54) is 11.3 Å². The van der Waals surface area contributed by atoms with E-state index in [1.807, 2.05) is 25.1 Å². The van der Waals surface area contributed by atoms with Crippen molar-refractivity contribution in [3.05, 3.63) is 76.2 Å². The highest BCUT2D eigenvalue weighted by Crippen LogP contribution is 2.37. The van der Waals surface area contributed by atoms with Gasteiger partial charge in [0, 0.05) is 36.4 Å². The van der Waals surface area contributed by atoms with Crippen molar-refractivity contribution in [2.45, 2.75) is 38.8 Å². The second kappa shape index (κ2) is 10.2. The number of hydrogen-bond acceptors (Lipinski definition) is 7. The molecule has 0 bridgehead atoms. The molecule has 1 N–H and O–H groups in total. The fraction of sp³-hybridized carbons (Fsp3) is 0.292. The first-order chi connectivity index (χ1) is 16.0. The van der Waals surface area contributed by atoms with Gasteiger partial charge in [-0.15, -0.1) is 11.3 Å². The molecule has 0 aromatic carbocycles. The van der Waals surface area contributed by atoms with E-state index < -0.39 is 6.09 Å². The Bertz CT molecular complexity index is 1170. The lowest BCUT2D eigenvalue weighted by Crippen LogP contribution is -2.35. The Hall–Kier alpha value is -3.77. The van der Waals surface area contributed by atoms with Crippen molar-refractivity contribution >= 4 is 28.3 Å². The monoisotopic (exact) mass is 461 g/mol. The molecule has 0 fully saturated rings. The molecule has 3 aromatic rings. The summed E-state index contributed by atoms with van der Waals surface area (Å²) in [6.45, 7) is 2.87. The number of ether oxygens (including phenoxy) is 1. The van der Waals surface area contributed by atoms with Gasteiger partial charge in [0.2, 0.25) is 5.91 Å². The van der Waals surface area contributed by atoms with Crippen LogP contribution in [0.25, 0.3) is 0 Å². The Morgan fingerprint density at radius 1 is 1.30 bits per heavy atom. The second-order valence-corrected chi connectivity index (χ2v) is 8.91. The first kappa shape index (κ1) is 22.4. The number of carbonyl (C=O) groups is 2. The predicted molar refractivity (Wildman–Crippen MR) is 123 cm³/mol. The molecule has 1 aliphatic heterocycles. The van der Waals surface area contributed by atoms with E-state index in [1.54, 1.807) is 35.6 Å². The SMILES string of the molecule is CC(CC(=O)Nc1sc2c(c1C#N)CCN(C(=O)OCc1ccccn1)C2)c1cccnc1. The summed E-state index contributed by atoms with van der Waals surface area (Å²) in [6, 6.07) is 11.5. The second-order valence-electron chi connectivity index (χ2n) is 7.81. The lowest BCUT2D eigenvalue weighted by molar-refractivity contribution is -0.116. The third-order valence-corrected chi connectivity index (χ3v) is 6.63. The number of hydrogen-bond donors (Lipinski definition) is 1. The molecule has 1 aliphatic rings. The molecule has 4 rings (SSSR count). The van der Waals surface area contributed by atoms with Gasteiger partial charge in [-0.2, -0.15) is 5.26 Å². The number of nitriles is 1. The van der Waals surface area contributed by atoms with Gasteiger partial charge in [-0.3, -0.25) is 14.8 Å². The summed E-state index contributed by atoms with van der Waals surface area (Å²) in [4.78, 5) is 35.9. The lowest BCUT2D eigenvalue weighted by atomic mass is 9.99. The van der Waals surface area contributed by atoms with E-state index in [4.69, 9.17) is 4.74 Å². The van der Waals surface area contributed by atoms with Gasteiger partial charge in [0.25, 0.3) is 0 Å². The summed E-state index contributed by atoms with van der Waals surface area (Å²) < 4.78 is 5.39. The number of carbonyl (C=O) groups excluding carboxylic acids is 2. The molecular weight excluding hydrogens is 438 g/mol.